The Morgan fingerprint density at radius 3 is 2.50 bits per heavy atom. The van der Waals surface area contributed by atoms with Gasteiger partial charge in [0.15, 0.2) is 0 Å². The van der Waals surface area contributed by atoms with Gasteiger partial charge in [0, 0.05) is 0 Å². The van der Waals surface area contributed by atoms with Crippen molar-refractivity contribution in [1.29, 1.82) is 0 Å². The van der Waals surface area contributed by atoms with Crippen LogP contribution in [-0.2, 0) is 0 Å². The van der Waals surface area contributed by atoms with Crippen molar-refractivity contribution in [2.24, 2.45) is 0 Å². The summed E-state index contributed by atoms with van der Waals surface area (Å²) in [5, 5.41) is 0.709. The summed E-state index contributed by atoms with van der Waals surface area (Å²) in [4.78, 5) is 1.82. The molecule has 112 valence electrons. The van der Waals surface area contributed by atoms with Gasteiger partial charge in [-0.15, -0.1) is 0 Å². The van der Waals surface area contributed by atoms with Gasteiger partial charge in [-0.2, -0.15) is 0 Å². The third kappa shape index (κ3) is 5.72. The summed E-state index contributed by atoms with van der Waals surface area (Å²) >= 11 is 6.05. The molecule has 1 aromatic carbocycles. The summed E-state index contributed by atoms with van der Waals surface area (Å²) in [6.07, 6.45) is 9.39. The number of benzene rings is 1. The van der Waals surface area contributed by atoms with Crippen molar-refractivity contribution >= 4 is 11.6 Å². The van der Waals surface area contributed by atoms with Crippen molar-refractivity contribution in [2.45, 2.75) is 44.9 Å². The van der Waals surface area contributed by atoms with Crippen LogP contribution in [-0.4, -0.2) is 26.2 Å². The fraction of sp³-hybridized carbons (Fsp3) is 0.647. The Morgan fingerprint density at radius 1 is 0.950 bits per heavy atom. The van der Waals surface area contributed by atoms with Gasteiger partial charge in [-0.05, 0) is 57.1 Å². The Labute approximate surface area is 128 Å². The lowest BCUT2D eigenvalue weighted by molar-refractivity contribution is -0.905. The SMILES string of the molecule is Clc1ccccc1OCCCCCC[NH+]1CCCCC1. The van der Waals surface area contributed by atoms with Crippen LogP contribution in [0.1, 0.15) is 44.9 Å². The van der Waals surface area contributed by atoms with Gasteiger partial charge in [0.05, 0.1) is 31.3 Å². The number of piperidine rings is 1. The van der Waals surface area contributed by atoms with E-state index in [-0.39, 0.29) is 0 Å². The van der Waals surface area contributed by atoms with E-state index in [1.807, 2.05) is 29.2 Å². The maximum absolute atomic E-state index is 6.05. The van der Waals surface area contributed by atoms with Gasteiger partial charge in [-0.3, -0.25) is 0 Å². The van der Waals surface area contributed by atoms with E-state index in [0.29, 0.717) is 5.02 Å². The molecular weight excluding hydrogens is 270 g/mol. The zero-order valence-electron chi connectivity index (χ0n) is 12.4. The van der Waals surface area contributed by atoms with E-state index in [1.165, 1.54) is 58.2 Å². The first-order valence-corrected chi connectivity index (χ1v) is 8.45. The van der Waals surface area contributed by atoms with Gasteiger partial charge < -0.3 is 9.64 Å². The zero-order valence-corrected chi connectivity index (χ0v) is 13.1. The highest BCUT2D eigenvalue weighted by molar-refractivity contribution is 6.32. The summed E-state index contributed by atoms with van der Waals surface area (Å²) in [6, 6.07) is 7.70. The molecule has 1 aromatic rings. The van der Waals surface area contributed by atoms with Crippen molar-refractivity contribution in [1.82, 2.24) is 0 Å². The minimum atomic E-state index is 0.709. The molecule has 0 unspecified atom stereocenters. The lowest BCUT2D eigenvalue weighted by atomic mass is 10.1. The standard InChI is InChI=1S/C17H26ClNO/c18-16-10-4-5-11-17(16)20-15-9-2-1-6-12-19-13-7-3-8-14-19/h4-5,10-11H,1-3,6-9,12-15H2/p+1. The van der Waals surface area contributed by atoms with Gasteiger partial charge in [0.1, 0.15) is 5.75 Å². The predicted molar refractivity (Wildman–Crippen MR) is 84.8 cm³/mol. The molecule has 0 spiro atoms. The third-order valence-corrected chi connectivity index (χ3v) is 4.39. The first-order chi connectivity index (χ1) is 9.86. The molecule has 3 heteroatoms. The molecule has 1 heterocycles. The van der Waals surface area contributed by atoms with Crippen LogP contribution < -0.4 is 9.64 Å². The maximum Gasteiger partial charge on any atom is 0.137 e. The first-order valence-electron chi connectivity index (χ1n) is 8.07. The third-order valence-electron chi connectivity index (χ3n) is 4.08. The van der Waals surface area contributed by atoms with Crippen molar-refractivity contribution in [3.8, 4) is 5.75 Å². The summed E-state index contributed by atoms with van der Waals surface area (Å²) < 4.78 is 5.70. The van der Waals surface area contributed by atoms with Crippen LogP contribution in [0.15, 0.2) is 24.3 Å². The maximum atomic E-state index is 6.05. The van der Waals surface area contributed by atoms with E-state index in [0.717, 1.165) is 18.8 Å². The molecule has 1 fully saturated rings. The average Bonchev–Trinajstić information content (AvgIpc) is 2.49. The van der Waals surface area contributed by atoms with E-state index in [2.05, 4.69) is 0 Å². The number of hydrogen-bond acceptors (Lipinski definition) is 1. The number of halogens is 1. The van der Waals surface area contributed by atoms with E-state index < -0.39 is 0 Å². The van der Waals surface area contributed by atoms with E-state index in [9.17, 15) is 0 Å². The fourth-order valence-corrected chi connectivity index (χ4v) is 3.07. The smallest absolute Gasteiger partial charge is 0.137 e. The molecular formula is C17H27ClNO+. The van der Waals surface area contributed by atoms with E-state index in [1.54, 1.807) is 0 Å². The molecule has 0 bridgehead atoms. The van der Waals surface area contributed by atoms with Crippen LogP contribution in [0, 0.1) is 0 Å². The minimum absolute atomic E-state index is 0.709. The fourth-order valence-electron chi connectivity index (χ4n) is 2.88. The number of hydrogen-bond donors (Lipinski definition) is 1. The van der Waals surface area contributed by atoms with Crippen molar-refractivity contribution < 1.29 is 9.64 Å². The van der Waals surface area contributed by atoms with Gasteiger partial charge in [0.25, 0.3) is 0 Å². The van der Waals surface area contributed by atoms with Crippen LogP contribution in [0.3, 0.4) is 0 Å². The molecule has 0 aliphatic carbocycles. The Morgan fingerprint density at radius 2 is 1.70 bits per heavy atom. The second-order valence-electron chi connectivity index (χ2n) is 5.75. The first kappa shape index (κ1) is 15.7. The van der Waals surface area contributed by atoms with Crippen LogP contribution in [0.2, 0.25) is 5.02 Å². The molecule has 0 radical (unpaired) electrons. The van der Waals surface area contributed by atoms with Gasteiger partial charge in [-0.1, -0.05) is 23.7 Å². The number of para-hydroxylation sites is 1. The molecule has 1 saturated heterocycles. The molecule has 0 amide bonds. The monoisotopic (exact) mass is 296 g/mol. The second-order valence-corrected chi connectivity index (χ2v) is 6.16. The van der Waals surface area contributed by atoms with E-state index >= 15 is 0 Å². The molecule has 1 aliphatic heterocycles. The Hall–Kier alpha value is -0.730. The number of ether oxygens (including phenoxy) is 1. The molecule has 2 rings (SSSR count). The molecule has 20 heavy (non-hydrogen) atoms. The Bertz CT molecular complexity index is 377. The number of unbranched alkanes of at least 4 members (excludes halogenated alkanes) is 3. The summed E-state index contributed by atoms with van der Waals surface area (Å²) in [5.74, 6) is 0.812. The number of nitrogens with one attached hydrogen (secondary N) is 1. The number of likely N-dealkylation sites (tertiary alicyclic amines) is 1. The molecule has 0 atom stereocenters. The summed E-state index contributed by atoms with van der Waals surface area (Å²) in [5.41, 5.74) is 0. The second kappa shape index (κ2) is 9.25. The van der Waals surface area contributed by atoms with Crippen molar-refractivity contribution in [2.75, 3.05) is 26.2 Å². The van der Waals surface area contributed by atoms with Crippen LogP contribution >= 0.6 is 11.6 Å². The van der Waals surface area contributed by atoms with Crippen LogP contribution in [0.25, 0.3) is 0 Å². The van der Waals surface area contributed by atoms with Crippen molar-refractivity contribution in [3.63, 3.8) is 0 Å². The lowest BCUT2D eigenvalue weighted by Gasteiger charge is -2.23. The Kier molecular flexibility index (Phi) is 7.24. The summed E-state index contributed by atoms with van der Waals surface area (Å²) in [6.45, 7) is 4.94. The highest BCUT2D eigenvalue weighted by atomic mass is 35.5. The predicted octanol–water partition coefficient (Wildman–Crippen LogP) is 3.35. The van der Waals surface area contributed by atoms with E-state index in [4.69, 9.17) is 16.3 Å². The van der Waals surface area contributed by atoms with Gasteiger partial charge in [-0.25, -0.2) is 0 Å². The molecule has 0 aromatic heterocycles. The topological polar surface area (TPSA) is 13.7 Å². The highest BCUT2D eigenvalue weighted by Crippen LogP contribution is 2.23. The van der Waals surface area contributed by atoms with Gasteiger partial charge in [0.2, 0.25) is 0 Å². The molecule has 1 aliphatic rings. The van der Waals surface area contributed by atoms with Crippen LogP contribution in [0.5, 0.6) is 5.75 Å². The minimum Gasteiger partial charge on any atom is -0.492 e. The average molecular weight is 297 g/mol. The molecule has 1 N–H and O–H groups in total. The summed E-state index contributed by atoms with van der Waals surface area (Å²) in [7, 11) is 0. The van der Waals surface area contributed by atoms with Crippen molar-refractivity contribution in [3.05, 3.63) is 29.3 Å². The van der Waals surface area contributed by atoms with Gasteiger partial charge >= 0.3 is 0 Å². The lowest BCUT2D eigenvalue weighted by Crippen LogP contribution is -3.12. The molecule has 0 saturated carbocycles. The molecule has 2 nitrogen and oxygen atoms in total. The quantitative estimate of drug-likeness (QED) is 0.726. The largest absolute Gasteiger partial charge is 0.492 e. The zero-order chi connectivity index (χ0) is 14.0. The Balaban J connectivity index is 1.46. The number of rotatable bonds is 8. The normalized spacial score (nSPS) is 16.2. The highest BCUT2D eigenvalue weighted by Gasteiger charge is 2.12. The van der Waals surface area contributed by atoms with Crippen LogP contribution in [0.4, 0.5) is 0 Å². The number of quaternary nitrogens is 1.